The molecule has 12 heteroatoms. The molecule has 3 amide bonds. The van der Waals surface area contributed by atoms with Crippen LogP contribution >= 0.6 is 23.4 Å². The van der Waals surface area contributed by atoms with E-state index in [-0.39, 0.29) is 27.8 Å². The summed E-state index contributed by atoms with van der Waals surface area (Å²) in [7, 11) is 1.53. The number of benzene rings is 3. The molecule has 1 saturated heterocycles. The van der Waals surface area contributed by atoms with Gasteiger partial charge >= 0.3 is 11.9 Å². The van der Waals surface area contributed by atoms with Crippen molar-refractivity contribution in [1.82, 2.24) is 4.90 Å². The molecule has 0 aliphatic carbocycles. The van der Waals surface area contributed by atoms with Crippen molar-refractivity contribution in [1.29, 1.82) is 0 Å². The Labute approximate surface area is 250 Å². The van der Waals surface area contributed by atoms with Crippen LogP contribution in [-0.2, 0) is 14.3 Å². The minimum absolute atomic E-state index is 0.0820. The van der Waals surface area contributed by atoms with Crippen molar-refractivity contribution < 1.29 is 38.2 Å². The summed E-state index contributed by atoms with van der Waals surface area (Å²) in [6.45, 7) is 1.55. The summed E-state index contributed by atoms with van der Waals surface area (Å²) < 4.78 is 15.6. The summed E-state index contributed by atoms with van der Waals surface area (Å²) in [4.78, 5) is 63.6. The molecule has 216 valence electrons. The smallest absolute Gasteiger partial charge is 0.343 e. The zero-order chi connectivity index (χ0) is 30.2. The van der Waals surface area contributed by atoms with Crippen LogP contribution in [0.2, 0.25) is 5.02 Å². The van der Waals surface area contributed by atoms with E-state index in [1.165, 1.54) is 31.4 Å². The van der Waals surface area contributed by atoms with Gasteiger partial charge in [-0.1, -0.05) is 30.7 Å². The maximum Gasteiger partial charge on any atom is 0.343 e. The molecule has 1 heterocycles. The summed E-state index contributed by atoms with van der Waals surface area (Å²) >= 11 is 6.78. The molecule has 1 fully saturated rings. The zero-order valence-electron chi connectivity index (χ0n) is 22.5. The van der Waals surface area contributed by atoms with Gasteiger partial charge in [0.2, 0.25) is 5.91 Å². The lowest BCUT2D eigenvalue weighted by atomic mass is 10.2. The maximum absolute atomic E-state index is 12.9. The number of hydrogen-bond donors (Lipinski definition) is 1. The molecule has 0 unspecified atom stereocenters. The molecule has 42 heavy (non-hydrogen) atoms. The Morgan fingerprint density at radius 2 is 1.64 bits per heavy atom. The number of amides is 3. The number of anilines is 1. The Morgan fingerprint density at radius 1 is 0.952 bits per heavy atom. The Balaban J connectivity index is 1.36. The molecular formula is C30H25ClN2O8S. The van der Waals surface area contributed by atoms with Crippen molar-refractivity contribution in [2.45, 2.75) is 13.3 Å². The van der Waals surface area contributed by atoms with Crippen LogP contribution in [0.25, 0.3) is 6.08 Å². The van der Waals surface area contributed by atoms with E-state index in [0.717, 1.165) is 4.90 Å². The monoisotopic (exact) mass is 608 g/mol. The topological polar surface area (TPSA) is 128 Å². The van der Waals surface area contributed by atoms with E-state index in [9.17, 15) is 24.0 Å². The first kappa shape index (κ1) is 30.4. The van der Waals surface area contributed by atoms with Gasteiger partial charge in [0.1, 0.15) is 18.0 Å². The number of nitrogens with zero attached hydrogens (tertiary/aromatic N) is 1. The number of ether oxygens (including phenoxy) is 3. The van der Waals surface area contributed by atoms with E-state index in [0.29, 0.717) is 40.8 Å². The molecule has 0 aromatic heterocycles. The first-order valence-electron chi connectivity index (χ1n) is 12.7. The average molecular weight is 609 g/mol. The summed E-state index contributed by atoms with van der Waals surface area (Å²) in [6, 6.07) is 17.1. The van der Waals surface area contributed by atoms with Crippen LogP contribution in [0.1, 0.15) is 39.6 Å². The largest absolute Gasteiger partial charge is 0.497 e. The van der Waals surface area contributed by atoms with Gasteiger partial charge in [0.15, 0.2) is 0 Å². The number of rotatable bonds is 10. The lowest BCUT2D eigenvalue weighted by Gasteiger charge is -2.13. The number of halogens is 1. The minimum Gasteiger partial charge on any atom is -0.497 e. The van der Waals surface area contributed by atoms with Gasteiger partial charge in [0.25, 0.3) is 11.1 Å². The summed E-state index contributed by atoms with van der Waals surface area (Å²) in [5.74, 6) is -1.54. The number of carbonyl (C=O) groups is 5. The van der Waals surface area contributed by atoms with Crippen LogP contribution in [0, 0.1) is 0 Å². The first-order valence-corrected chi connectivity index (χ1v) is 13.9. The fourth-order valence-corrected chi connectivity index (χ4v) is 4.72. The number of methoxy groups -OCH3 is 1. The van der Waals surface area contributed by atoms with E-state index < -0.39 is 35.5 Å². The second kappa shape index (κ2) is 13.8. The van der Waals surface area contributed by atoms with Crippen LogP contribution in [0.3, 0.4) is 0 Å². The Kier molecular flexibility index (Phi) is 10.00. The second-order valence-electron chi connectivity index (χ2n) is 8.83. The first-order chi connectivity index (χ1) is 20.2. The van der Waals surface area contributed by atoms with Crippen LogP contribution < -0.4 is 14.8 Å². The van der Waals surface area contributed by atoms with Gasteiger partial charge in [-0.2, -0.15) is 0 Å². The van der Waals surface area contributed by atoms with E-state index in [2.05, 4.69) is 5.32 Å². The van der Waals surface area contributed by atoms with Crippen molar-refractivity contribution in [3.8, 4) is 11.5 Å². The fourth-order valence-electron chi connectivity index (χ4n) is 3.69. The van der Waals surface area contributed by atoms with E-state index in [1.807, 2.05) is 6.92 Å². The quantitative estimate of drug-likeness (QED) is 0.172. The number of thioether (sulfide) groups is 1. The van der Waals surface area contributed by atoms with Gasteiger partial charge < -0.3 is 19.5 Å². The van der Waals surface area contributed by atoms with Crippen molar-refractivity contribution in [3.63, 3.8) is 0 Å². The summed E-state index contributed by atoms with van der Waals surface area (Å²) in [5.41, 5.74) is 1.27. The highest BCUT2D eigenvalue weighted by molar-refractivity contribution is 8.18. The summed E-state index contributed by atoms with van der Waals surface area (Å²) in [6.07, 6.45) is 2.14. The van der Waals surface area contributed by atoms with Gasteiger partial charge in [-0.3, -0.25) is 19.3 Å². The fraction of sp³-hybridized carbons (Fsp3) is 0.167. The average Bonchev–Trinajstić information content (AvgIpc) is 3.24. The molecule has 1 N–H and O–H groups in total. The highest BCUT2D eigenvalue weighted by Crippen LogP contribution is 2.32. The number of hydrogen-bond acceptors (Lipinski definition) is 9. The molecule has 10 nitrogen and oxygen atoms in total. The molecule has 3 aromatic carbocycles. The van der Waals surface area contributed by atoms with Crippen molar-refractivity contribution in [2.75, 3.05) is 25.6 Å². The summed E-state index contributed by atoms with van der Waals surface area (Å²) in [5, 5.41) is 2.12. The maximum atomic E-state index is 12.9. The van der Waals surface area contributed by atoms with Crippen molar-refractivity contribution >= 4 is 64.1 Å². The Bertz CT molecular complexity index is 1550. The molecule has 0 radical (unpaired) electrons. The van der Waals surface area contributed by atoms with E-state index in [1.54, 1.807) is 48.5 Å². The molecule has 0 atom stereocenters. The van der Waals surface area contributed by atoms with Crippen LogP contribution in [0.4, 0.5) is 10.5 Å². The van der Waals surface area contributed by atoms with Crippen molar-refractivity contribution in [2.24, 2.45) is 0 Å². The lowest BCUT2D eigenvalue weighted by molar-refractivity contribution is -0.127. The van der Waals surface area contributed by atoms with Gasteiger partial charge in [0, 0.05) is 5.69 Å². The third-order valence-corrected chi connectivity index (χ3v) is 7.03. The van der Waals surface area contributed by atoms with Gasteiger partial charge in [-0.05, 0) is 84.4 Å². The molecule has 0 spiro atoms. The molecule has 0 bridgehead atoms. The SMILES string of the molecule is CCCOC(=O)c1cc(NC(=O)CN2C(=O)S/C(=C/c3ccc(OC(=O)c4ccc(OC)cc4)cc3)C2=O)ccc1Cl. The number of esters is 2. The molecule has 4 rings (SSSR count). The highest BCUT2D eigenvalue weighted by atomic mass is 35.5. The lowest BCUT2D eigenvalue weighted by Crippen LogP contribution is -2.36. The van der Waals surface area contributed by atoms with E-state index in [4.69, 9.17) is 25.8 Å². The second-order valence-corrected chi connectivity index (χ2v) is 10.2. The molecular weight excluding hydrogens is 584 g/mol. The predicted octanol–water partition coefficient (Wildman–Crippen LogP) is 5.81. The zero-order valence-corrected chi connectivity index (χ0v) is 24.1. The molecule has 1 aliphatic rings. The standard InChI is InChI=1S/C30H25ClN2O8S/c1-3-14-40-29(37)23-16-20(8-13-24(23)31)32-26(34)17-33-27(35)25(42-30(33)38)15-18-4-9-22(10-5-18)41-28(36)19-6-11-21(39-2)12-7-19/h4-13,15-16H,3,14,17H2,1-2H3,(H,32,34)/b25-15+. The van der Waals surface area contributed by atoms with Crippen LogP contribution in [0.15, 0.2) is 71.6 Å². The third-order valence-electron chi connectivity index (χ3n) is 5.80. The normalized spacial score (nSPS) is 13.7. The predicted molar refractivity (Wildman–Crippen MR) is 158 cm³/mol. The third kappa shape index (κ3) is 7.56. The molecule has 0 saturated carbocycles. The van der Waals surface area contributed by atoms with Gasteiger partial charge in [-0.25, -0.2) is 9.59 Å². The Hall–Kier alpha value is -4.61. The van der Waals surface area contributed by atoms with Crippen molar-refractivity contribution in [3.05, 3.63) is 93.3 Å². The Morgan fingerprint density at radius 3 is 2.31 bits per heavy atom. The van der Waals surface area contributed by atoms with Crippen LogP contribution in [0.5, 0.6) is 11.5 Å². The van der Waals surface area contributed by atoms with E-state index >= 15 is 0 Å². The van der Waals surface area contributed by atoms with Gasteiger partial charge in [-0.15, -0.1) is 0 Å². The van der Waals surface area contributed by atoms with Crippen LogP contribution in [-0.4, -0.2) is 54.2 Å². The number of carbonyl (C=O) groups excluding carboxylic acids is 5. The van der Waals surface area contributed by atoms with Gasteiger partial charge in [0.05, 0.1) is 34.8 Å². The highest BCUT2D eigenvalue weighted by Gasteiger charge is 2.36. The number of imide groups is 1. The minimum atomic E-state index is -0.642. The molecule has 1 aliphatic heterocycles. The number of nitrogens with one attached hydrogen (secondary N) is 1. The molecule has 3 aromatic rings.